The number of nitrogens with zero attached hydrogens (tertiary/aromatic N) is 1. The number of methoxy groups -OCH3 is 1. The van der Waals surface area contributed by atoms with Crippen molar-refractivity contribution in [3.63, 3.8) is 0 Å². The SMILES string of the molecule is COc1cc2oc3c(c2cc1/C(C)=C/C(=O)Nc1nc2c(C)cccc2s1)CCCC3. The molecule has 0 radical (unpaired) electrons. The Hall–Kier alpha value is -3.12. The first-order chi connectivity index (χ1) is 15.0. The fraction of sp³-hybridized carbons (Fsp3) is 0.280. The number of allylic oxidation sites excluding steroid dienone is 1. The highest BCUT2D eigenvalue weighted by Gasteiger charge is 2.20. The number of aryl methyl sites for hydroxylation is 3. The van der Waals surface area contributed by atoms with E-state index in [0.29, 0.717) is 10.9 Å². The van der Waals surface area contributed by atoms with Crippen molar-refractivity contribution in [1.29, 1.82) is 0 Å². The third-order valence-electron chi connectivity index (χ3n) is 5.90. The molecule has 1 aliphatic rings. The zero-order chi connectivity index (χ0) is 21.5. The topological polar surface area (TPSA) is 64.4 Å². The van der Waals surface area contributed by atoms with Crippen LogP contribution in [0.1, 0.15) is 42.2 Å². The number of carbonyl (C=O) groups excluding carboxylic acids is 1. The third kappa shape index (κ3) is 3.61. The first-order valence-corrected chi connectivity index (χ1v) is 11.3. The van der Waals surface area contributed by atoms with Crippen LogP contribution in [-0.4, -0.2) is 18.0 Å². The van der Waals surface area contributed by atoms with Gasteiger partial charge in [-0.05, 0) is 56.4 Å². The fourth-order valence-electron chi connectivity index (χ4n) is 4.32. The van der Waals surface area contributed by atoms with Gasteiger partial charge < -0.3 is 9.15 Å². The maximum absolute atomic E-state index is 12.7. The van der Waals surface area contributed by atoms with Crippen molar-refractivity contribution >= 4 is 49.1 Å². The predicted octanol–water partition coefficient (Wildman–Crippen LogP) is 6.28. The van der Waals surface area contributed by atoms with Crippen molar-refractivity contribution in [3.8, 4) is 5.75 Å². The standard InChI is InChI=1S/C25H24N2O3S/c1-14-7-6-10-22-24(14)27-25(31-22)26-23(28)11-15(2)17-12-18-16-8-4-5-9-19(16)30-21(18)13-20(17)29-3/h6-7,10-13H,4-5,8-9H2,1-3H3,(H,26,27,28)/b15-11+. The molecule has 0 saturated heterocycles. The quantitative estimate of drug-likeness (QED) is 0.386. The highest BCUT2D eigenvalue weighted by molar-refractivity contribution is 7.22. The van der Waals surface area contributed by atoms with Crippen molar-refractivity contribution in [1.82, 2.24) is 4.98 Å². The number of aromatic nitrogens is 1. The van der Waals surface area contributed by atoms with Gasteiger partial charge in [-0.1, -0.05) is 23.5 Å². The van der Waals surface area contributed by atoms with Gasteiger partial charge in [0.25, 0.3) is 0 Å². The van der Waals surface area contributed by atoms with Gasteiger partial charge >= 0.3 is 0 Å². The molecule has 0 atom stereocenters. The van der Waals surface area contributed by atoms with E-state index < -0.39 is 0 Å². The fourth-order valence-corrected chi connectivity index (χ4v) is 5.27. The van der Waals surface area contributed by atoms with Crippen LogP contribution < -0.4 is 10.1 Å². The summed E-state index contributed by atoms with van der Waals surface area (Å²) in [5.74, 6) is 1.59. The van der Waals surface area contributed by atoms with Gasteiger partial charge in [-0.3, -0.25) is 10.1 Å². The Bertz CT molecular complexity index is 1350. The number of hydrogen-bond donors (Lipinski definition) is 1. The molecule has 0 aliphatic heterocycles. The van der Waals surface area contributed by atoms with E-state index in [1.807, 2.05) is 38.1 Å². The number of thiazole rings is 1. The maximum Gasteiger partial charge on any atom is 0.250 e. The molecule has 5 rings (SSSR count). The molecule has 0 unspecified atom stereocenters. The summed E-state index contributed by atoms with van der Waals surface area (Å²) in [5.41, 5.74) is 5.92. The summed E-state index contributed by atoms with van der Waals surface area (Å²) in [6, 6.07) is 10.1. The van der Waals surface area contributed by atoms with Crippen LogP contribution in [0.2, 0.25) is 0 Å². The Morgan fingerprint density at radius 1 is 1.26 bits per heavy atom. The Kier molecular flexibility index (Phi) is 5.02. The second kappa shape index (κ2) is 7.85. The Morgan fingerprint density at radius 3 is 2.90 bits per heavy atom. The van der Waals surface area contributed by atoms with Crippen LogP contribution in [0.15, 0.2) is 40.8 Å². The van der Waals surface area contributed by atoms with E-state index in [1.54, 1.807) is 13.2 Å². The van der Waals surface area contributed by atoms with Crippen molar-refractivity contribution in [2.45, 2.75) is 39.5 Å². The van der Waals surface area contributed by atoms with E-state index in [4.69, 9.17) is 9.15 Å². The van der Waals surface area contributed by atoms with E-state index in [0.717, 1.165) is 56.5 Å². The number of anilines is 1. The number of furan rings is 1. The van der Waals surface area contributed by atoms with E-state index in [2.05, 4.69) is 16.4 Å². The molecule has 158 valence electrons. The summed E-state index contributed by atoms with van der Waals surface area (Å²) in [6.45, 7) is 3.95. The van der Waals surface area contributed by atoms with Crippen molar-refractivity contribution < 1.29 is 13.9 Å². The average Bonchev–Trinajstić information content (AvgIpc) is 3.33. The number of rotatable bonds is 4. The van der Waals surface area contributed by atoms with Gasteiger partial charge in [0, 0.05) is 35.1 Å². The number of ether oxygens (including phenoxy) is 1. The minimum Gasteiger partial charge on any atom is -0.496 e. The number of para-hydroxylation sites is 1. The zero-order valence-corrected chi connectivity index (χ0v) is 18.7. The van der Waals surface area contributed by atoms with Crippen molar-refractivity contribution in [2.75, 3.05) is 12.4 Å². The van der Waals surface area contributed by atoms with E-state index in [1.165, 1.54) is 29.7 Å². The van der Waals surface area contributed by atoms with Crippen LogP contribution in [0, 0.1) is 6.92 Å². The van der Waals surface area contributed by atoms with Crippen LogP contribution in [0.5, 0.6) is 5.75 Å². The lowest BCUT2D eigenvalue weighted by molar-refractivity contribution is -0.111. The van der Waals surface area contributed by atoms with Gasteiger partial charge in [-0.25, -0.2) is 4.98 Å². The van der Waals surface area contributed by atoms with Crippen LogP contribution in [0.25, 0.3) is 26.8 Å². The number of fused-ring (bicyclic) bond motifs is 4. The van der Waals surface area contributed by atoms with E-state index >= 15 is 0 Å². The molecule has 1 aliphatic carbocycles. The number of nitrogens with one attached hydrogen (secondary N) is 1. The number of benzene rings is 2. The lowest BCUT2D eigenvalue weighted by Crippen LogP contribution is -2.08. The summed E-state index contributed by atoms with van der Waals surface area (Å²) in [7, 11) is 1.64. The largest absolute Gasteiger partial charge is 0.496 e. The molecule has 5 nitrogen and oxygen atoms in total. The molecule has 0 bridgehead atoms. The molecule has 0 saturated carbocycles. The second-order valence-electron chi connectivity index (χ2n) is 8.02. The molecule has 0 fully saturated rings. The lowest BCUT2D eigenvalue weighted by Gasteiger charge is -2.11. The molecule has 2 aromatic heterocycles. The van der Waals surface area contributed by atoms with Gasteiger partial charge in [0.05, 0.1) is 17.3 Å². The van der Waals surface area contributed by atoms with Gasteiger partial charge in [0.15, 0.2) is 5.13 Å². The molecular formula is C25H24N2O3S. The van der Waals surface area contributed by atoms with Crippen molar-refractivity contribution in [3.05, 3.63) is 58.9 Å². The zero-order valence-electron chi connectivity index (χ0n) is 17.9. The highest BCUT2D eigenvalue weighted by atomic mass is 32.1. The normalized spacial score (nSPS) is 14.1. The van der Waals surface area contributed by atoms with Gasteiger partial charge in [0.2, 0.25) is 5.91 Å². The summed E-state index contributed by atoms with van der Waals surface area (Å²) in [5, 5.41) is 4.64. The minimum absolute atomic E-state index is 0.203. The molecule has 4 aromatic rings. The van der Waals surface area contributed by atoms with Crippen LogP contribution in [0.3, 0.4) is 0 Å². The Balaban J connectivity index is 1.46. The monoisotopic (exact) mass is 432 g/mol. The molecule has 1 amide bonds. The molecule has 2 heterocycles. The Labute approximate surface area is 184 Å². The number of hydrogen-bond acceptors (Lipinski definition) is 5. The minimum atomic E-state index is -0.203. The first-order valence-electron chi connectivity index (χ1n) is 10.5. The molecular weight excluding hydrogens is 408 g/mol. The smallest absolute Gasteiger partial charge is 0.250 e. The first kappa shape index (κ1) is 19.8. The van der Waals surface area contributed by atoms with Crippen LogP contribution in [-0.2, 0) is 17.6 Å². The molecule has 1 N–H and O–H groups in total. The number of amides is 1. The van der Waals surface area contributed by atoms with Crippen LogP contribution >= 0.6 is 11.3 Å². The van der Waals surface area contributed by atoms with Crippen LogP contribution in [0.4, 0.5) is 5.13 Å². The third-order valence-corrected chi connectivity index (χ3v) is 6.84. The van der Waals surface area contributed by atoms with Crippen molar-refractivity contribution in [2.24, 2.45) is 0 Å². The van der Waals surface area contributed by atoms with E-state index in [9.17, 15) is 4.79 Å². The molecule has 0 spiro atoms. The summed E-state index contributed by atoms with van der Waals surface area (Å²) in [6.07, 6.45) is 5.98. The highest BCUT2D eigenvalue weighted by Crippen LogP contribution is 2.38. The summed E-state index contributed by atoms with van der Waals surface area (Å²) < 4.78 is 12.8. The van der Waals surface area contributed by atoms with Gasteiger partial charge in [-0.2, -0.15) is 0 Å². The second-order valence-corrected chi connectivity index (χ2v) is 9.05. The molecule has 2 aromatic carbocycles. The summed E-state index contributed by atoms with van der Waals surface area (Å²) in [4.78, 5) is 17.3. The average molecular weight is 433 g/mol. The van der Waals surface area contributed by atoms with E-state index in [-0.39, 0.29) is 5.91 Å². The summed E-state index contributed by atoms with van der Waals surface area (Å²) >= 11 is 1.48. The van der Waals surface area contributed by atoms with Gasteiger partial charge in [0.1, 0.15) is 17.1 Å². The maximum atomic E-state index is 12.7. The van der Waals surface area contributed by atoms with Gasteiger partial charge in [-0.15, -0.1) is 0 Å². The molecule has 6 heteroatoms. The lowest BCUT2D eigenvalue weighted by atomic mass is 9.94. The number of carbonyl (C=O) groups is 1. The Morgan fingerprint density at radius 2 is 2.10 bits per heavy atom. The molecule has 31 heavy (non-hydrogen) atoms. The predicted molar refractivity (Wildman–Crippen MR) is 126 cm³/mol.